The number of hydrogen-bond donors (Lipinski definition) is 3. The molecule has 2 saturated heterocycles. The zero-order chi connectivity index (χ0) is 35.8. The van der Waals surface area contributed by atoms with Crippen molar-refractivity contribution in [2.24, 2.45) is 0 Å². The van der Waals surface area contributed by atoms with Gasteiger partial charge in [-0.15, -0.1) is 0 Å². The molecule has 2 aliphatic heterocycles. The van der Waals surface area contributed by atoms with Gasteiger partial charge in [0, 0.05) is 6.42 Å². The molecule has 2 aliphatic rings. The predicted octanol–water partition coefficient (Wildman–Crippen LogP) is 5.14. The lowest BCUT2D eigenvalue weighted by Gasteiger charge is -2.50. The van der Waals surface area contributed by atoms with Crippen LogP contribution in [0.2, 0.25) is 18.1 Å². The molecular weight excluding hydrogens is 644 g/mol. The highest BCUT2D eigenvalue weighted by atomic mass is 28.4. The van der Waals surface area contributed by atoms with Crippen molar-refractivity contribution in [3.8, 4) is 11.5 Å². The minimum absolute atomic E-state index is 0.00644. The first-order chi connectivity index (χ1) is 23.0. The van der Waals surface area contributed by atoms with Crippen molar-refractivity contribution in [1.82, 2.24) is 10.2 Å². The van der Waals surface area contributed by atoms with E-state index in [0.717, 1.165) is 16.7 Å². The monoisotopic (exact) mass is 692 g/mol. The molecular formula is C37H48N2O9Si. The summed E-state index contributed by atoms with van der Waals surface area (Å²) >= 11 is 0. The molecule has 3 amide bonds. The van der Waals surface area contributed by atoms with Gasteiger partial charge >= 0.3 is 6.03 Å². The molecule has 5 rings (SSSR count). The smallest absolute Gasteiger partial charge is 0.328 e. The molecule has 0 unspecified atom stereocenters. The van der Waals surface area contributed by atoms with Gasteiger partial charge < -0.3 is 33.6 Å². The molecule has 2 heterocycles. The van der Waals surface area contributed by atoms with Crippen molar-refractivity contribution in [2.75, 3.05) is 20.8 Å². The number of aliphatic hydroxyl groups is 2. The summed E-state index contributed by atoms with van der Waals surface area (Å²) in [6.45, 7) is 11.3. The van der Waals surface area contributed by atoms with Crippen LogP contribution in [0.25, 0.3) is 0 Å². The van der Waals surface area contributed by atoms with E-state index in [4.69, 9.17) is 23.4 Å². The van der Waals surface area contributed by atoms with Gasteiger partial charge in [0.2, 0.25) is 0 Å². The Morgan fingerprint density at radius 3 is 1.90 bits per heavy atom. The Labute approximate surface area is 289 Å². The summed E-state index contributed by atoms with van der Waals surface area (Å²) in [6.07, 6.45) is -4.28. The fraction of sp³-hybridized carbons (Fsp3) is 0.459. The van der Waals surface area contributed by atoms with E-state index in [-0.39, 0.29) is 18.1 Å². The standard InChI is InChI=1S/C37H48N2O9Si/c1-35(2,3)49(7,8)48-33-36(4,43)32(41)38-34(42)39(33)31-22-29(40)30(47-31)23-46-37(24-12-10-9-11-13-24,25-14-18-27(44-5)19-15-25)26-16-20-28(45-6)21-17-26/h9-21,29-31,33,40,43H,22-23H2,1-8H3,(H,38,41,42)/t29-,30+,31+,33-,36-/m0/s1. The van der Waals surface area contributed by atoms with Gasteiger partial charge in [-0.1, -0.05) is 75.4 Å². The molecule has 0 saturated carbocycles. The molecule has 3 N–H and O–H groups in total. The molecule has 0 radical (unpaired) electrons. The van der Waals surface area contributed by atoms with E-state index in [9.17, 15) is 19.8 Å². The zero-order valence-electron chi connectivity index (χ0n) is 29.4. The third-order valence-corrected chi connectivity index (χ3v) is 14.4. The summed E-state index contributed by atoms with van der Waals surface area (Å²) in [5, 5.41) is 24.7. The first-order valence-electron chi connectivity index (χ1n) is 16.4. The predicted molar refractivity (Wildman–Crippen MR) is 186 cm³/mol. The number of nitrogens with zero attached hydrogens (tertiary/aromatic N) is 1. The third kappa shape index (κ3) is 6.99. The van der Waals surface area contributed by atoms with Gasteiger partial charge in [-0.05, 0) is 66.0 Å². The Hall–Kier alpha value is -3.78. The highest BCUT2D eigenvalue weighted by Gasteiger charge is 2.57. The number of hydrogen-bond acceptors (Lipinski definition) is 9. The second kappa shape index (κ2) is 13.9. The van der Waals surface area contributed by atoms with Crippen molar-refractivity contribution >= 4 is 20.3 Å². The number of amides is 3. The second-order valence-corrected chi connectivity index (χ2v) is 19.0. The highest BCUT2D eigenvalue weighted by Crippen LogP contribution is 2.44. The van der Waals surface area contributed by atoms with Crippen molar-refractivity contribution in [1.29, 1.82) is 0 Å². The molecule has 264 valence electrons. The SMILES string of the molecule is COc1ccc(C(OC[C@H]2O[C@@H](N3C(=O)NC(=O)[C@](C)(O)[C@@H]3O[Si](C)(C)C(C)(C)C)C[C@@H]2O)(c2ccccc2)c2ccc(OC)cc2)cc1. The molecule has 3 aromatic rings. The van der Waals surface area contributed by atoms with Crippen LogP contribution in [0.15, 0.2) is 78.9 Å². The minimum atomic E-state index is -2.63. The molecule has 49 heavy (non-hydrogen) atoms. The van der Waals surface area contributed by atoms with Gasteiger partial charge in [-0.2, -0.15) is 0 Å². The molecule has 0 spiro atoms. The van der Waals surface area contributed by atoms with Crippen molar-refractivity contribution < 1.29 is 43.2 Å². The lowest BCUT2D eigenvalue weighted by atomic mass is 9.80. The number of ether oxygens (including phenoxy) is 4. The molecule has 11 nitrogen and oxygen atoms in total. The highest BCUT2D eigenvalue weighted by molar-refractivity contribution is 6.74. The molecule has 0 aliphatic carbocycles. The van der Waals surface area contributed by atoms with Gasteiger partial charge in [0.15, 0.2) is 20.1 Å². The number of urea groups is 1. The van der Waals surface area contributed by atoms with Crippen LogP contribution in [-0.2, 0) is 24.3 Å². The number of rotatable bonds is 11. The van der Waals surface area contributed by atoms with E-state index in [1.54, 1.807) is 14.2 Å². The quantitative estimate of drug-likeness (QED) is 0.184. The van der Waals surface area contributed by atoms with E-state index >= 15 is 0 Å². The number of methoxy groups -OCH3 is 2. The summed E-state index contributed by atoms with van der Waals surface area (Å²) in [6, 6.07) is 24.2. The fourth-order valence-electron chi connectivity index (χ4n) is 6.00. The summed E-state index contributed by atoms with van der Waals surface area (Å²) in [5.41, 5.74) is -0.782. The molecule has 0 aromatic heterocycles. The van der Waals surface area contributed by atoms with Gasteiger partial charge in [-0.3, -0.25) is 15.0 Å². The van der Waals surface area contributed by atoms with Crippen molar-refractivity contribution in [3.63, 3.8) is 0 Å². The number of carbonyl (C=O) groups excluding carboxylic acids is 2. The van der Waals surface area contributed by atoms with Crippen LogP contribution in [0.4, 0.5) is 4.79 Å². The van der Waals surface area contributed by atoms with E-state index in [1.165, 1.54) is 11.8 Å². The molecule has 2 fully saturated rings. The van der Waals surface area contributed by atoms with E-state index < -0.39 is 56.1 Å². The average Bonchev–Trinajstić information content (AvgIpc) is 3.43. The zero-order valence-corrected chi connectivity index (χ0v) is 30.4. The molecule has 5 atom stereocenters. The number of carbonyl (C=O) groups is 2. The summed E-state index contributed by atoms with van der Waals surface area (Å²) in [5.74, 6) is 0.505. The largest absolute Gasteiger partial charge is 0.497 e. The Morgan fingerprint density at radius 1 is 0.898 bits per heavy atom. The van der Waals surface area contributed by atoms with Gasteiger partial charge in [0.1, 0.15) is 29.4 Å². The topological polar surface area (TPSA) is 136 Å². The summed E-state index contributed by atoms with van der Waals surface area (Å²) in [4.78, 5) is 27.5. The Morgan fingerprint density at radius 2 is 1.41 bits per heavy atom. The van der Waals surface area contributed by atoms with E-state index in [2.05, 4.69) is 5.32 Å². The Bertz CT molecular complexity index is 1560. The van der Waals surface area contributed by atoms with Crippen molar-refractivity contribution in [2.45, 2.75) is 88.1 Å². The van der Waals surface area contributed by atoms with Crippen LogP contribution >= 0.6 is 0 Å². The fourth-order valence-corrected chi connectivity index (χ4v) is 7.26. The lowest BCUT2D eigenvalue weighted by molar-refractivity contribution is -0.191. The van der Waals surface area contributed by atoms with Gasteiger partial charge in [-0.25, -0.2) is 4.79 Å². The first-order valence-corrected chi connectivity index (χ1v) is 19.3. The maximum absolute atomic E-state index is 13.4. The number of aliphatic hydroxyl groups excluding tert-OH is 1. The van der Waals surface area contributed by atoms with E-state index in [1.807, 2.05) is 113 Å². The van der Waals surface area contributed by atoms with Crippen molar-refractivity contribution in [3.05, 3.63) is 95.6 Å². The van der Waals surface area contributed by atoms with Crippen LogP contribution in [0.5, 0.6) is 11.5 Å². The normalized spacial score (nSPS) is 24.9. The van der Waals surface area contributed by atoms with Crippen LogP contribution in [0.1, 0.15) is 50.8 Å². The molecule has 0 bridgehead atoms. The third-order valence-electron chi connectivity index (χ3n) is 10.0. The first kappa shape index (κ1) is 36.5. The lowest BCUT2D eigenvalue weighted by Crippen LogP contribution is -2.73. The number of nitrogens with one attached hydrogen (secondary N) is 1. The maximum atomic E-state index is 13.4. The summed E-state index contributed by atoms with van der Waals surface area (Å²) in [7, 11) is 0.583. The maximum Gasteiger partial charge on any atom is 0.328 e. The minimum Gasteiger partial charge on any atom is -0.497 e. The van der Waals surface area contributed by atoms with E-state index in [0.29, 0.717) is 11.5 Å². The Balaban J connectivity index is 1.50. The van der Waals surface area contributed by atoms with Crippen LogP contribution in [-0.4, -0.2) is 86.5 Å². The van der Waals surface area contributed by atoms with Crippen LogP contribution in [0.3, 0.4) is 0 Å². The molecule has 12 heteroatoms. The van der Waals surface area contributed by atoms with Crippen LogP contribution in [0, 0.1) is 0 Å². The second-order valence-electron chi connectivity index (χ2n) is 14.3. The average molecular weight is 693 g/mol. The van der Waals surface area contributed by atoms with Gasteiger partial charge in [0.05, 0.1) is 26.9 Å². The van der Waals surface area contributed by atoms with Gasteiger partial charge in [0.25, 0.3) is 5.91 Å². The Kier molecular flexibility index (Phi) is 10.3. The summed E-state index contributed by atoms with van der Waals surface area (Å²) < 4.78 is 30.8. The number of imide groups is 1. The number of benzene rings is 3. The molecule has 3 aromatic carbocycles. The van der Waals surface area contributed by atoms with Crippen LogP contribution < -0.4 is 14.8 Å².